The molecule has 0 aliphatic carbocycles. The predicted molar refractivity (Wildman–Crippen MR) is 125 cm³/mol. The molecule has 0 atom stereocenters. The smallest absolute Gasteiger partial charge is 0.356 e. The molecule has 33 heavy (non-hydrogen) atoms. The molecule has 2 N–H and O–H groups in total. The van der Waals surface area contributed by atoms with E-state index in [4.69, 9.17) is 0 Å². The fourth-order valence-electron chi connectivity index (χ4n) is 3.36. The van der Waals surface area contributed by atoms with E-state index in [1.807, 2.05) is 6.07 Å². The molecule has 0 spiro atoms. The first-order chi connectivity index (χ1) is 15.8. The number of anilines is 2. The van der Waals surface area contributed by atoms with Crippen LogP contribution in [0.2, 0.25) is 0 Å². The number of para-hydroxylation sites is 1. The van der Waals surface area contributed by atoms with Gasteiger partial charge in [-0.2, -0.15) is 13.2 Å². The van der Waals surface area contributed by atoms with Gasteiger partial charge in [-0.15, -0.1) is 0 Å². The highest BCUT2D eigenvalue weighted by atomic mass is 19.4. The van der Waals surface area contributed by atoms with Crippen LogP contribution in [-0.4, -0.2) is 25.0 Å². The van der Waals surface area contributed by atoms with E-state index in [0.717, 1.165) is 37.8 Å². The molecule has 0 aromatic heterocycles. The van der Waals surface area contributed by atoms with Gasteiger partial charge in [-0.3, -0.25) is 9.69 Å². The van der Waals surface area contributed by atoms with E-state index < -0.39 is 17.8 Å². The molecule has 0 bridgehead atoms. The van der Waals surface area contributed by atoms with Gasteiger partial charge >= 0.3 is 12.2 Å². The highest BCUT2D eigenvalue weighted by Gasteiger charge is 2.30. The first-order valence-electron chi connectivity index (χ1n) is 11.4. The van der Waals surface area contributed by atoms with Crippen LogP contribution in [0.25, 0.3) is 0 Å². The van der Waals surface area contributed by atoms with Crippen molar-refractivity contribution in [3.05, 3.63) is 60.2 Å². The maximum atomic E-state index is 13.0. The van der Waals surface area contributed by atoms with Crippen LogP contribution in [0.1, 0.15) is 57.4 Å². The molecule has 8 heteroatoms. The maximum absolute atomic E-state index is 13.0. The Balaban J connectivity index is 1.91. The zero-order valence-electron chi connectivity index (χ0n) is 19.0. The van der Waals surface area contributed by atoms with Crippen molar-refractivity contribution in [2.45, 2.75) is 58.0 Å². The van der Waals surface area contributed by atoms with Crippen molar-refractivity contribution in [1.82, 2.24) is 5.32 Å². The molecule has 5 nitrogen and oxygen atoms in total. The largest absolute Gasteiger partial charge is 0.416 e. The molecule has 0 aliphatic heterocycles. The number of benzene rings is 2. The molecule has 2 rings (SSSR count). The summed E-state index contributed by atoms with van der Waals surface area (Å²) in [4.78, 5) is 26.3. The highest BCUT2D eigenvalue weighted by Crippen LogP contribution is 2.30. The second-order valence-corrected chi connectivity index (χ2v) is 7.86. The molecule has 2 aromatic rings. The first kappa shape index (κ1) is 26.2. The minimum Gasteiger partial charge on any atom is -0.356 e. The summed E-state index contributed by atoms with van der Waals surface area (Å²) >= 11 is 0. The minimum atomic E-state index is -4.49. The Morgan fingerprint density at radius 3 is 2.33 bits per heavy atom. The number of urea groups is 1. The van der Waals surface area contributed by atoms with Gasteiger partial charge < -0.3 is 10.6 Å². The van der Waals surface area contributed by atoms with Gasteiger partial charge in [0.2, 0.25) is 5.91 Å². The lowest BCUT2D eigenvalue weighted by Crippen LogP contribution is -2.37. The van der Waals surface area contributed by atoms with Gasteiger partial charge in [0, 0.05) is 30.9 Å². The lowest BCUT2D eigenvalue weighted by Gasteiger charge is -2.23. The van der Waals surface area contributed by atoms with E-state index >= 15 is 0 Å². The second-order valence-electron chi connectivity index (χ2n) is 7.86. The van der Waals surface area contributed by atoms with E-state index in [2.05, 4.69) is 17.6 Å². The Morgan fingerprint density at radius 1 is 0.909 bits per heavy atom. The van der Waals surface area contributed by atoms with E-state index in [0.29, 0.717) is 31.6 Å². The molecule has 0 aliphatic rings. The topological polar surface area (TPSA) is 61.4 Å². The summed E-state index contributed by atoms with van der Waals surface area (Å²) in [6, 6.07) is 12.9. The number of carbonyl (C=O) groups excluding carboxylic acids is 2. The first-order valence-corrected chi connectivity index (χ1v) is 11.4. The molecule has 0 unspecified atom stereocenters. The highest BCUT2D eigenvalue weighted by molar-refractivity contribution is 6.01. The molecule has 0 saturated heterocycles. The summed E-state index contributed by atoms with van der Waals surface area (Å²) in [5.74, 6) is -0.00817. The third kappa shape index (κ3) is 9.55. The average Bonchev–Trinajstić information content (AvgIpc) is 2.79. The van der Waals surface area contributed by atoms with Gasteiger partial charge in [0.05, 0.1) is 5.56 Å². The number of amides is 3. The molecule has 0 radical (unpaired) electrons. The summed E-state index contributed by atoms with van der Waals surface area (Å²) in [5.41, 5.74) is -0.152. The van der Waals surface area contributed by atoms with Crippen molar-refractivity contribution >= 4 is 23.3 Å². The Bertz CT molecular complexity index is 873. The zero-order valence-corrected chi connectivity index (χ0v) is 19.0. The Morgan fingerprint density at radius 2 is 1.64 bits per heavy atom. The van der Waals surface area contributed by atoms with E-state index in [9.17, 15) is 22.8 Å². The average molecular weight is 464 g/mol. The van der Waals surface area contributed by atoms with Gasteiger partial charge in [-0.1, -0.05) is 56.9 Å². The third-order valence-electron chi connectivity index (χ3n) is 5.14. The predicted octanol–water partition coefficient (Wildman–Crippen LogP) is 6.61. The monoisotopic (exact) mass is 463 g/mol. The fourth-order valence-corrected chi connectivity index (χ4v) is 3.36. The van der Waals surface area contributed by atoms with Gasteiger partial charge in [0.25, 0.3) is 0 Å². The number of halogens is 3. The fraction of sp³-hybridized carbons (Fsp3) is 0.440. The number of nitrogens with one attached hydrogen (secondary N) is 2. The molecule has 0 fully saturated rings. The Hall–Kier alpha value is -3.03. The van der Waals surface area contributed by atoms with Crippen molar-refractivity contribution in [3.8, 4) is 0 Å². The maximum Gasteiger partial charge on any atom is 0.416 e. The number of carbonyl (C=O) groups is 2. The molecule has 2 aromatic carbocycles. The van der Waals surface area contributed by atoms with Crippen LogP contribution in [0, 0.1) is 0 Å². The molecule has 0 saturated carbocycles. The number of rotatable bonds is 12. The van der Waals surface area contributed by atoms with Crippen LogP contribution in [0.15, 0.2) is 54.6 Å². The lowest BCUT2D eigenvalue weighted by molar-refractivity contribution is -0.137. The quantitative estimate of drug-likeness (QED) is 0.348. The van der Waals surface area contributed by atoms with Crippen LogP contribution >= 0.6 is 0 Å². The minimum absolute atomic E-state index is 0.00817. The van der Waals surface area contributed by atoms with Crippen LogP contribution in [0.5, 0.6) is 0 Å². The summed E-state index contributed by atoms with van der Waals surface area (Å²) in [6.07, 6.45) is 1.88. The summed E-state index contributed by atoms with van der Waals surface area (Å²) in [5, 5.41) is 5.42. The third-order valence-corrected chi connectivity index (χ3v) is 5.14. The lowest BCUT2D eigenvalue weighted by atomic mass is 10.1. The number of unbranched alkanes of at least 4 members (excludes halogenated alkanes) is 4. The number of nitrogens with zero attached hydrogens (tertiary/aromatic N) is 1. The zero-order chi connectivity index (χ0) is 24.1. The summed E-state index contributed by atoms with van der Waals surface area (Å²) in [7, 11) is 0. The number of hydrogen-bond acceptors (Lipinski definition) is 2. The molecular weight excluding hydrogens is 431 g/mol. The SMILES string of the molecule is CCCCCCCC(=O)NCCCN(C(=O)Nc1cccc(C(F)(F)F)c1)c1ccccc1. The van der Waals surface area contributed by atoms with Crippen molar-refractivity contribution in [2.24, 2.45) is 0 Å². The van der Waals surface area contributed by atoms with Gasteiger partial charge in [0.1, 0.15) is 0 Å². The van der Waals surface area contributed by atoms with Gasteiger partial charge in [0.15, 0.2) is 0 Å². The summed E-state index contributed by atoms with van der Waals surface area (Å²) < 4.78 is 38.9. The molecule has 180 valence electrons. The van der Waals surface area contributed by atoms with Crippen LogP contribution in [-0.2, 0) is 11.0 Å². The number of hydrogen-bond donors (Lipinski definition) is 2. The van der Waals surface area contributed by atoms with Crippen LogP contribution in [0.4, 0.5) is 29.3 Å². The Labute approximate surface area is 193 Å². The van der Waals surface area contributed by atoms with Gasteiger partial charge in [-0.05, 0) is 43.2 Å². The normalized spacial score (nSPS) is 11.2. The van der Waals surface area contributed by atoms with Gasteiger partial charge in [-0.25, -0.2) is 4.79 Å². The number of alkyl halides is 3. The van der Waals surface area contributed by atoms with Crippen molar-refractivity contribution in [3.63, 3.8) is 0 Å². The van der Waals surface area contributed by atoms with E-state index in [-0.39, 0.29) is 11.6 Å². The van der Waals surface area contributed by atoms with Crippen LogP contribution in [0.3, 0.4) is 0 Å². The Kier molecular flexibility index (Phi) is 10.7. The molecule has 0 heterocycles. The van der Waals surface area contributed by atoms with E-state index in [1.165, 1.54) is 23.5 Å². The second kappa shape index (κ2) is 13.5. The van der Waals surface area contributed by atoms with Crippen LogP contribution < -0.4 is 15.5 Å². The summed E-state index contributed by atoms with van der Waals surface area (Å²) in [6.45, 7) is 2.85. The van der Waals surface area contributed by atoms with Crippen molar-refractivity contribution in [1.29, 1.82) is 0 Å². The molecular formula is C25H32F3N3O2. The van der Waals surface area contributed by atoms with Crippen molar-refractivity contribution < 1.29 is 22.8 Å². The van der Waals surface area contributed by atoms with Crippen molar-refractivity contribution in [2.75, 3.05) is 23.3 Å². The molecule has 3 amide bonds. The standard InChI is InChI=1S/C25H32F3N3O2/c1-2-3-4-5-9-16-23(32)29-17-11-18-31(22-14-7-6-8-15-22)24(33)30-21-13-10-12-20(19-21)25(26,27)28/h6-8,10,12-15,19H,2-5,9,11,16-18H2,1H3,(H,29,32)(H,30,33). The van der Waals surface area contributed by atoms with E-state index in [1.54, 1.807) is 24.3 Å².